The Morgan fingerprint density at radius 1 is 0.625 bits per heavy atom. The molecule has 0 bridgehead atoms. The molecule has 0 saturated carbocycles. The maximum Gasteiger partial charge on any atom is 0.280 e. The van der Waals surface area contributed by atoms with E-state index >= 15 is 0 Å². The predicted octanol–water partition coefficient (Wildman–Crippen LogP) is -4.59. The molecular weight excluding hydrogens is 746 g/mol. The molecule has 3 saturated heterocycles. The summed E-state index contributed by atoms with van der Waals surface area (Å²) in [6.45, 7) is -0.889. The summed E-state index contributed by atoms with van der Waals surface area (Å²) >= 11 is 0. The zero-order chi connectivity index (χ0) is 39.8. The second kappa shape index (κ2) is 15.9. The standard InChI is InChI=1S/2C10H13N5O4.C10H13N5O3/c11-8-5-9(13-2-12-8)15(3-14-5)10-7(18)6(17)4(1-16)19-10;11-10-13-8-7(9(18)14-10)12-3-15(8)6-1-4(17)5(2-16)19-6;11-9-8-10(13-3-12-9)15(4-14-8)7-1-5(17)6(2-16)18-7/h2-4,6-7,10,16-18H,1H2,(H2,11,12,13);3-6,16-17H,1-2H2,(H3,11,13,14,18);3-7,16-17H,1-2H2,(H2,11,12,13)/t4-,6-,7-,10-;4-,5+,6+;5-,6+,7+/m100/s1. The van der Waals surface area contributed by atoms with Crippen molar-refractivity contribution in [3.8, 4) is 0 Å². The maximum absolute atomic E-state index is 11.6. The molecule has 10 atom stereocenters. The number of ether oxygens (including phenoxy) is 3. The lowest BCUT2D eigenvalue weighted by molar-refractivity contribution is -0.0511. The average Bonchev–Trinajstić information content (AvgIpc) is 4.04. The van der Waals surface area contributed by atoms with Gasteiger partial charge in [0.15, 0.2) is 40.3 Å². The number of nitrogens with zero attached hydrogens (tertiary/aromatic N) is 11. The van der Waals surface area contributed by atoms with Crippen molar-refractivity contribution in [3.05, 3.63) is 42.0 Å². The predicted molar refractivity (Wildman–Crippen MR) is 188 cm³/mol. The summed E-state index contributed by atoms with van der Waals surface area (Å²) in [4.78, 5) is 45.9. The Bertz CT molecular complexity index is 2350. The number of rotatable bonds is 6. The molecule has 6 aromatic heterocycles. The first kappa shape index (κ1) is 38.7. The van der Waals surface area contributed by atoms with Gasteiger partial charge in [-0.3, -0.25) is 23.5 Å². The first-order valence-electron chi connectivity index (χ1n) is 17.0. The molecule has 3 aliphatic heterocycles. The van der Waals surface area contributed by atoms with Gasteiger partial charge in [-0.1, -0.05) is 0 Å². The lowest BCUT2D eigenvalue weighted by Crippen LogP contribution is -2.33. The van der Waals surface area contributed by atoms with E-state index in [2.05, 4.69) is 44.9 Å². The lowest BCUT2D eigenvalue weighted by atomic mass is 10.1. The van der Waals surface area contributed by atoms with Gasteiger partial charge in [-0.2, -0.15) is 4.98 Å². The van der Waals surface area contributed by atoms with Gasteiger partial charge < -0.3 is 67.2 Å². The largest absolute Gasteiger partial charge is 0.394 e. The van der Waals surface area contributed by atoms with E-state index in [0.717, 1.165) is 0 Å². The van der Waals surface area contributed by atoms with Gasteiger partial charge in [0.25, 0.3) is 5.56 Å². The van der Waals surface area contributed by atoms with Crippen LogP contribution in [0.3, 0.4) is 0 Å². The number of H-pyrrole nitrogens is 1. The number of aliphatic hydroxyl groups excluding tert-OH is 7. The third-order valence-electron chi connectivity index (χ3n) is 9.40. The van der Waals surface area contributed by atoms with Crippen molar-refractivity contribution in [2.75, 3.05) is 37.0 Å². The van der Waals surface area contributed by atoms with Crippen molar-refractivity contribution < 1.29 is 50.0 Å². The molecule has 3 aliphatic rings. The second-order valence-corrected chi connectivity index (χ2v) is 12.9. The molecule has 0 amide bonds. The van der Waals surface area contributed by atoms with Crippen molar-refractivity contribution in [3.63, 3.8) is 0 Å². The van der Waals surface area contributed by atoms with Crippen LogP contribution in [-0.2, 0) is 14.2 Å². The minimum Gasteiger partial charge on any atom is -0.394 e. The number of hydrogen-bond donors (Lipinski definition) is 11. The highest BCUT2D eigenvalue weighted by Gasteiger charge is 2.44. The Kier molecular flexibility index (Phi) is 11.0. The van der Waals surface area contributed by atoms with Crippen LogP contribution in [-0.4, -0.2) is 157 Å². The summed E-state index contributed by atoms with van der Waals surface area (Å²) in [7, 11) is 0. The van der Waals surface area contributed by atoms with Crippen LogP contribution in [0.5, 0.6) is 0 Å². The molecular formula is C30H39N15O11. The van der Waals surface area contributed by atoms with Crippen molar-refractivity contribution in [1.29, 1.82) is 0 Å². The smallest absolute Gasteiger partial charge is 0.280 e. The van der Waals surface area contributed by atoms with Gasteiger partial charge in [-0.15, -0.1) is 0 Å². The number of nitrogens with one attached hydrogen (secondary N) is 1. The maximum atomic E-state index is 11.6. The fraction of sp³-hybridized carbons (Fsp3) is 0.500. The third-order valence-corrected chi connectivity index (χ3v) is 9.40. The highest BCUT2D eigenvalue weighted by molar-refractivity contribution is 5.81. The fourth-order valence-corrected chi connectivity index (χ4v) is 6.50. The highest BCUT2D eigenvalue weighted by atomic mass is 16.6. The van der Waals surface area contributed by atoms with Gasteiger partial charge in [0.05, 0.1) is 51.0 Å². The quantitative estimate of drug-likeness (QED) is 0.0757. The number of nitrogens with two attached hydrogens (primary N) is 3. The number of hydrogen-bond acceptors (Lipinski definition) is 22. The minimum atomic E-state index is -1.19. The molecule has 0 unspecified atom stereocenters. The van der Waals surface area contributed by atoms with Crippen molar-refractivity contribution in [1.82, 2.24) is 58.6 Å². The summed E-state index contributed by atoms with van der Waals surface area (Å²) < 4.78 is 21.1. The van der Waals surface area contributed by atoms with Crippen LogP contribution in [0.25, 0.3) is 33.5 Å². The molecule has 9 rings (SSSR count). The van der Waals surface area contributed by atoms with Crippen LogP contribution in [0.1, 0.15) is 31.5 Å². The molecule has 0 radical (unpaired) electrons. The number of aromatic amines is 1. The summed E-state index contributed by atoms with van der Waals surface area (Å²) in [5, 5.41) is 66.3. The van der Waals surface area contributed by atoms with Crippen LogP contribution >= 0.6 is 0 Å². The van der Waals surface area contributed by atoms with E-state index in [1.165, 1.54) is 34.4 Å². The summed E-state index contributed by atoms with van der Waals surface area (Å²) in [5.41, 5.74) is 18.7. The Hall–Kier alpha value is -5.55. The second-order valence-electron chi connectivity index (χ2n) is 12.9. The number of fused-ring (bicyclic) bond motifs is 3. The van der Waals surface area contributed by atoms with Gasteiger partial charge >= 0.3 is 0 Å². The lowest BCUT2D eigenvalue weighted by Gasteiger charge is -2.16. The highest BCUT2D eigenvalue weighted by Crippen LogP contribution is 2.33. The number of aromatic nitrogens is 12. The van der Waals surface area contributed by atoms with E-state index in [-0.39, 0.29) is 42.6 Å². The molecule has 14 N–H and O–H groups in total. The Morgan fingerprint density at radius 2 is 1.11 bits per heavy atom. The van der Waals surface area contributed by atoms with Gasteiger partial charge in [0, 0.05) is 12.8 Å². The molecule has 56 heavy (non-hydrogen) atoms. The van der Waals surface area contributed by atoms with E-state index < -0.39 is 73.6 Å². The topological polar surface area (TPSA) is 398 Å². The molecule has 3 fully saturated rings. The molecule has 6 aromatic rings. The van der Waals surface area contributed by atoms with E-state index in [9.17, 15) is 25.2 Å². The van der Waals surface area contributed by atoms with Crippen molar-refractivity contribution >= 4 is 51.1 Å². The molecule has 300 valence electrons. The molecule has 26 nitrogen and oxygen atoms in total. The van der Waals surface area contributed by atoms with E-state index in [4.69, 9.17) is 46.7 Å². The monoisotopic (exact) mass is 785 g/mol. The summed E-state index contributed by atoms with van der Waals surface area (Å²) in [5.74, 6) is 0.503. The average molecular weight is 786 g/mol. The van der Waals surface area contributed by atoms with Gasteiger partial charge in [0.1, 0.15) is 66.7 Å². The Balaban J connectivity index is 0.000000129. The normalized spacial score (nSPS) is 28.8. The van der Waals surface area contributed by atoms with Gasteiger partial charge in [-0.25, -0.2) is 34.9 Å². The van der Waals surface area contributed by atoms with Crippen LogP contribution in [0.15, 0.2) is 36.4 Å². The first-order chi connectivity index (χ1) is 26.9. The number of imidazole rings is 3. The molecule has 9 heterocycles. The zero-order valence-electron chi connectivity index (χ0n) is 29.1. The Labute approximate surface area is 312 Å². The number of anilines is 3. The fourth-order valence-electron chi connectivity index (χ4n) is 6.50. The van der Waals surface area contributed by atoms with E-state index in [0.29, 0.717) is 34.6 Å². The Morgan fingerprint density at radius 3 is 1.61 bits per heavy atom. The number of nitrogen functional groups attached to an aromatic ring is 3. The van der Waals surface area contributed by atoms with E-state index in [1.54, 1.807) is 10.9 Å². The molecule has 26 heteroatoms. The first-order valence-corrected chi connectivity index (χ1v) is 17.0. The van der Waals surface area contributed by atoms with Crippen molar-refractivity contribution in [2.45, 2.75) is 74.3 Å². The molecule has 0 spiro atoms. The van der Waals surface area contributed by atoms with E-state index in [1.807, 2.05) is 0 Å². The van der Waals surface area contributed by atoms with Gasteiger partial charge in [0.2, 0.25) is 5.95 Å². The molecule has 0 aliphatic carbocycles. The minimum absolute atomic E-state index is 0.0171. The van der Waals surface area contributed by atoms with Crippen LogP contribution in [0.4, 0.5) is 17.6 Å². The SMILES string of the molecule is Nc1nc2c(ncn2[C@H]2C[C@H](O)[C@@H](CO)O2)c(=O)[nH]1.Nc1ncnc2c1ncn2[C@@H]1O[C@H](CO)[C@@H](O)[C@H]1O.Nc1ncnc2c1ncn2[C@H]1C[C@H](O)[C@@H](CO)O1. The van der Waals surface area contributed by atoms with Crippen LogP contribution < -0.4 is 22.8 Å². The zero-order valence-corrected chi connectivity index (χ0v) is 29.1. The number of aliphatic hydroxyl groups is 7. The van der Waals surface area contributed by atoms with Crippen LogP contribution in [0.2, 0.25) is 0 Å². The van der Waals surface area contributed by atoms with Crippen LogP contribution in [0, 0.1) is 0 Å². The summed E-state index contributed by atoms with van der Waals surface area (Å²) in [6.07, 6.45) is -0.0976. The summed E-state index contributed by atoms with van der Waals surface area (Å²) in [6, 6.07) is 0. The molecule has 0 aromatic carbocycles. The van der Waals surface area contributed by atoms with Crippen molar-refractivity contribution in [2.24, 2.45) is 0 Å². The van der Waals surface area contributed by atoms with Gasteiger partial charge in [-0.05, 0) is 0 Å². The third kappa shape index (κ3) is 7.16.